The highest BCUT2D eigenvalue weighted by atomic mass is 79.9. The number of carbonyl (C=O) groups is 1. The Balaban J connectivity index is 3.00. The Morgan fingerprint density at radius 3 is 2.82 bits per heavy atom. The van der Waals surface area contributed by atoms with Crippen LogP contribution < -0.4 is 11.0 Å². The molecule has 0 radical (unpaired) electrons. The minimum Gasteiger partial charge on any atom is -0.341 e. The maximum atomic E-state index is 11.6. The van der Waals surface area contributed by atoms with Crippen LogP contribution in [-0.4, -0.2) is 22.0 Å². The molecule has 17 heavy (non-hydrogen) atoms. The van der Waals surface area contributed by atoms with E-state index in [-0.39, 0.29) is 13.1 Å². The number of carbonyl (C=O) groups excluding carboxylic acids is 1. The second kappa shape index (κ2) is 5.59. The normalized spacial score (nSPS) is 9.76. The van der Waals surface area contributed by atoms with Crippen molar-refractivity contribution in [3.8, 4) is 6.07 Å². The number of nitrogens with one attached hydrogen (secondary N) is 1. The number of rotatable bonds is 3. The van der Waals surface area contributed by atoms with Crippen LogP contribution >= 0.6 is 15.9 Å². The molecule has 0 saturated carbocycles. The summed E-state index contributed by atoms with van der Waals surface area (Å²) in [6.45, 7) is 3.21. The number of nitrogens with zero attached hydrogens (tertiary/aromatic N) is 3. The molecule has 1 amide bonds. The molecule has 0 bridgehead atoms. The van der Waals surface area contributed by atoms with Gasteiger partial charge in [0.05, 0.1) is 16.2 Å². The summed E-state index contributed by atoms with van der Waals surface area (Å²) in [6.07, 6.45) is 0. The van der Waals surface area contributed by atoms with Gasteiger partial charge in [-0.3, -0.25) is 9.36 Å². The molecule has 1 aromatic rings. The molecule has 90 valence electrons. The van der Waals surface area contributed by atoms with Gasteiger partial charge in [-0.05, 0) is 29.8 Å². The highest BCUT2D eigenvalue weighted by Crippen LogP contribution is 2.16. The molecule has 6 nitrogen and oxygen atoms in total. The van der Waals surface area contributed by atoms with Gasteiger partial charge in [-0.2, -0.15) is 10.2 Å². The van der Waals surface area contributed by atoms with Crippen LogP contribution in [0.1, 0.15) is 11.4 Å². The molecule has 0 aliphatic carbocycles. The number of aromatic nitrogens is 2. The zero-order chi connectivity index (χ0) is 13.0. The smallest absolute Gasteiger partial charge is 0.341 e. The first-order valence-corrected chi connectivity index (χ1v) is 5.64. The molecular weight excluding hydrogens is 288 g/mol. The fraction of sp³-hybridized carbons (Fsp3) is 0.400. The summed E-state index contributed by atoms with van der Waals surface area (Å²) in [7, 11) is 0. The average molecular weight is 299 g/mol. The van der Waals surface area contributed by atoms with Crippen molar-refractivity contribution in [3.63, 3.8) is 0 Å². The van der Waals surface area contributed by atoms with Crippen molar-refractivity contribution in [3.05, 3.63) is 26.3 Å². The predicted octanol–water partition coefficient (Wildman–Crippen LogP) is 0.262. The third kappa shape index (κ3) is 3.14. The van der Waals surface area contributed by atoms with E-state index in [1.54, 1.807) is 19.9 Å². The van der Waals surface area contributed by atoms with E-state index in [1.807, 2.05) is 0 Å². The van der Waals surface area contributed by atoms with Gasteiger partial charge in [0, 0.05) is 5.69 Å². The van der Waals surface area contributed by atoms with Gasteiger partial charge in [0.1, 0.15) is 13.1 Å². The van der Waals surface area contributed by atoms with Crippen molar-refractivity contribution in [2.75, 3.05) is 6.54 Å². The molecular formula is C10H11BrN4O2. The van der Waals surface area contributed by atoms with Crippen LogP contribution in [-0.2, 0) is 11.3 Å². The van der Waals surface area contributed by atoms with Gasteiger partial charge in [-0.1, -0.05) is 0 Å². The minimum absolute atomic E-state index is 0.0763. The Kier molecular flexibility index (Phi) is 4.40. The fourth-order valence-electron chi connectivity index (χ4n) is 1.30. The van der Waals surface area contributed by atoms with Crippen molar-refractivity contribution in [1.29, 1.82) is 5.26 Å². The van der Waals surface area contributed by atoms with Crippen LogP contribution in [0, 0.1) is 25.2 Å². The van der Waals surface area contributed by atoms with Gasteiger partial charge >= 0.3 is 5.69 Å². The fourth-order valence-corrected chi connectivity index (χ4v) is 1.60. The van der Waals surface area contributed by atoms with E-state index in [0.29, 0.717) is 15.9 Å². The van der Waals surface area contributed by atoms with Gasteiger partial charge in [-0.15, -0.1) is 0 Å². The van der Waals surface area contributed by atoms with Crippen LogP contribution in [0.25, 0.3) is 0 Å². The standard InChI is InChI=1S/C10H11BrN4O2/c1-6-9(11)7(2)15(10(17)14-6)5-8(16)13-4-3-12/h4-5H2,1-2H3,(H,13,16). The number of hydrogen-bond donors (Lipinski definition) is 1. The Labute approximate surface area is 106 Å². The zero-order valence-corrected chi connectivity index (χ0v) is 11.0. The zero-order valence-electron chi connectivity index (χ0n) is 9.45. The van der Waals surface area contributed by atoms with E-state index in [9.17, 15) is 9.59 Å². The van der Waals surface area contributed by atoms with E-state index < -0.39 is 11.6 Å². The Bertz CT molecular complexity index is 544. The van der Waals surface area contributed by atoms with Crippen LogP contribution in [0.2, 0.25) is 0 Å². The number of halogens is 1. The number of nitriles is 1. The lowest BCUT2D eigenvalue weighted by Gasteiger charge is -2.11. The molecule has 0 aliphatic heterocycles. The Morgan fingerprint density at radius 2 is 2.24 bits per heavy atom. The lowest BCUT2D eigenvalue weighted by molar-refractivity contribution is -0.121. The van der Waals surface area contributed by atoms with E-state index in [1.165, 1.54) is 4.57 Å². The van der Waals surface area contributed by atoms with Crippen LogP contribution in [0.5, 0.6) is 0 Å². The molecule has 0 aromatic carbocycles. The maximum Gasteiger partial charge on any atom is 0.348 e. The summed E-state index contributed by atoms with van der Waals surface area (Å²) >= 11 is 3.30. The maximum absolute atomic E-state index is 11.6. The largest absolute Gasteiger partial charge is 0.348 e. The molecule has 0 saturated heterocycles. The van der Waals surface area contributed by atoms with E-state index in [4.69, 9.17) is 5.26 Å². The number of hydrogen-bond acceptors (Lipinski definition) is 4. The molecule has 0 spiro atoms. The van der Waals surface area contributed by atoms with Crippen LogP contribution in [0.4, 0.5) is 0 Å². The summed E-state index contributed by atoms with van der Waals surface area (Å²) in [5.74, 6) is -0.394. The first-order valence-electron chi connectivity index (χ1n) is 4.84. The second-order valence-electron chi connectivity index (χ2n) is 3.40. The third-order valence-corrected chi connectivity index (χ3v) is 3.35. The number of amides is 1. The van der Waals surface area contributed by atoms with Crippen molar-refractivity contribution < 1.29 is 4.79 Å². The Morgan fingerprint density at radius 1 is 1.59 bits per heavy atom. The summed E-state index contributed by atoms with van der Waals surface area (Å²) in [5.41, 5.74) is 0.742. The molecule has 1 rings (SSSR count). The summed E-state index contributed by atoms with van der Waals surface area (Å²) in [5, 5.41) is 10.7. The molecule has 0 fully saturated rings. The predicted molar refractivity (Wildman–Crippen MR) is 64.3 cm³/mol. The second-order valence-corrected chi connectivity index (χ2v) is 4.19. The average Bonchev–Trinajstić information content (AvgIpc) is 2.29. The monoisotopic (exact) mass is 298 g/mol. The van der Waals surface area contributed by atoms with Crippen molar-refractivity contribution in [1.82, 2.24) is 14.9 Å². The highest BCUT2D eigenvalue weighted by molar-refractivity contribution is 9.10. The van der Waals surface area contributed by atoms with Crippen LogP contribution in [0.3, 0.4) is 0 Å². The molecule has 0 aliphatic rings. The van der Waals surface area contributed by atoms with Gasteiger partial charge in [0.2, 0.25) is 5.91 Å². The SMILES string of the molecule is Cc1nc(=O)n(CC(=O)NCC#N)c(C)c1Br. The lowest BCUT2D eigenvalue weighted by atomic mass is 10.3. The lowest BCUT2D eigenvalue weighted by Crippen LogP contribution is -2.35. The van der Waals surface area contributed by atoms with Crippen molar-refractivity contribution in [2.45, 2.75) is 20.4 Å². The summed E-state index contributed by atoms with van der Waals surface area (Å²) in [4.78, 5) is 26.8. The Hall–Kier alpha value is -1.68. The van der Waals surface area contributed by atoms with E-state index >= 15 is 0 Å². The topological polar surface area (TPSA) is 87.8 Å². The molecule has 1 aromatic heterocycles. The third-order valence-electron chi connectivity index (χ3n) is 2.20. The van der Waals surface area contributed by atoms with Crippen molar-refractivity contribution in [2.24, 2.45) is 0 Å². The van der Waals surface area contributed by atoms with E-state index in [2.05, 4.69) is 26.2 Å². The van der Waals surface area contributed by atoms with Crippen LogP contribution in [0.15, 0.2) is 9.27 Å². The van der Waals surface area contributed by atoms with Crippen molar-refractivity contribution >= 4 is 21.8 Å². The van der Waals surface area contributed by atoms with E-state index in [0.717, 1.165) is 0 Å². The molecule has 0 unspecified atom stereocenters. The molecule has 7 heteroatoms. The van der Waals surface area contributed by atoms with Gasteiger partial charge in [0.15, 0.2) is 0 Å². The molecule has 1 heterocycles. The quantitative estimate of drug-likeness (QED) is 0.811. The first-order chi connectivity index (χ1) is 7.97. The van der Waals surface area contributed by atoms with Gasteiger partial charge < -0.3 is 5.32 Å². The van der Waals surface area contributed by atoms with Gasteiger partial charge in [-0.25, -0.2) is 4.79 Å². The minimum atomic E-state index is -0.477. The van der Waals surface area contributed by atoms with Gasteiger partial charge in [0.25, 0.3) is 0 Å². The molecule has 0 atom stereocenters. The molecule has 1 N–H and O–H groups in total. The first kappa shape index (κ1) is 13.4. The highest BCUT2D eigenvalue weighted by Gasteiger charge is 2.11. The summed E-state index contributed by atoms with van der Waals surface area (Å²) < 4.78 is 1.95. The number of aryl methyl sites for hydroxylation is 1. The summed E-state index contributed by atoms with van der Waals surface area (Å²) in [6, 6.07) is 1.79.